The molecule has 0 atom stereocenters. The highest BCUT2D eigenvalue weighted by atomic mass is 19.1. The third-order valence-electron chi connectivity index (χ3n) is 2.97. The zero-order valence-electron chi connectivity index (χ0n) is 11.4. The summed E-state index contributed by atoms with van der Waals surface area (Å²) < 4.78 is 13.7. The van der Waals surface area contributed by atoms with Gasteiger partial charge in [0, 0.05) is 0 Å². The lowest BCUT2D eigenvalue weighted by atomic mass is 9.94. The summed E-state index contributed by atoms with van der Waals surface area (Å²) in [5, 5.41) is 0. The molecule has 0 radical (unpaired) electrons. The van der Waals surface area contributed by atoms with Crippen LogP contribution in [0.15, 0.2) is 36.4 Å². The van der Waals surface area contributed by atoms with Crippen LogP contribution in [0.3, 0.4) is 0 Å². The van der Waals surface area contributed by atoms with E-state index in [-0.39, 0.29) is 0 Å². The predicted octanol–water partition coefficient (Wildman–Crippen LogP) is 5.01. The van der Waals surface area contributed by atoms with Gasteiger partial charge >= 0.3 is 0 Å². The Morgan fingerprint density at radius 2 is 1.88 bits per heavy atom. The third kappa shape index (κ3) is 3.55. The minimum atomic E-state index is -1.36. The predicted molar refractivity (Wildman–Crippen MR) is 73.9 cm³/mol. The molecule has 0 aliphatic heterocycles. The van der Waals surface area contributed by atoms with Gasteiger partial charge in [-0.3, -0.25) is 0 Å². The van der Waals surface area contributed by atoms with Gasteiger partial charge in [0.2, 0.25) is 0 Å². The number of benzene rings is 1. The van der Waals surface area contributed by atoms with Crippen LogP contribution in [0.1, 0.15) is 37.5 Å². The first-order chi connectivity index (χ1) is 7.71. The van der Waals surface area contributed by atoms with Crippen molar-refractivity contribution >= 4 is 5.57 Å². The molecular weight excluding hydrogens is 211 g/mol. The summed E-state index contributed by atoms with van der Waals surface area (Å²) in [7, 11) is 0. The number of hydrogen-bond donors (Lipinski definition) is 0. The molecular formula is C16H21F. The maximum Gasteiger partial charge on any atom is 0.129 e. The second kappa shape index (κ2) is 4.87. The fourth-order valence-corrected chi connectivity index (χ4v) is 1.67. The molecule has 0 heterocycles. The minimum absolute atomic E-state index is 0.510. The molecule has 0 saturated heterocycles. The number of aryl methyl sites for hydroxylation is 2. The zero-order valence-corrected chi connectivity index (χ0v) is 11.4. The van der Waals surface area contributed by atoms with E-state index in [4.69, 9.17) is 0 Å². The Labute approximate surface area is 104 Å². The zero-order chi connectivity index (χ0) is 13.2. The summed E-state index contributed by atoms with van der Waals surface area (Å²) >= 11 is 0. The number of allylic oxidation sites excluding steroid dienone is 3. The minimum Gasteiger partial charge on any atom is -0.239 e. The van der Waals surface area contributed by atoms with E-state index in [0.717, 1.165) is 11.1 Å². The maximum absolute atomic E-state index is 13.7. The van der Waals surface area contributed by atoms with E-state index >= 15 is 0 Å². The average molecular weight is 232 g/mol. The van der Waals surface area contributed by atoms with Crippen molar-refractivity contribution in [2.75, 3.05) is 0 Å². The molecule has 0 fully saturated rings. The summed E-state index contributed by atoms with van der Waals surface area (Å²) in [4.78, 5) is 0. The average Bonchev–Trinajstić information content (AvgIpc) is 2.20. The first kappa shape index (κ1) is 13.7. The van der Waals surface area contributed by atoms with Crippen molar-refractivity contribution in [3.05, 3.63) is 53.1 Å². The van der Waals surface area contributed by atoms with Gasteiger partial charge in [0.25, 0.3) is 0 Å². The van der Waals surface area contributed by atoms with E-state index in [0.29, 0.717) is 5.57 Å². The summed E-state index contributed by atoms with van der Waals surface area (Å²) in [5.41, 5.74) is 3.78. The van der Waals surface area contributed by atoms with Crippen LogP contribution in [0, 0.1) is 13.8 Å². The standard InChI is InChI=1S/C16H21F/c1-11-7-8-12(2)15(9-11)13(3)10-14(4)16(5,6)17/h7-10H,4H2,1-3,5-6H3/b13-10-. The van der Waals surface area contributed by atoms with Gasteiger partial charge in [-0.05, 0) is 56.9 Å². The molecule has 0 nitrogen and oxygen atoms in total. The Bertz CT molecular complexity index is 459. The van der Waals surface area contributed by atoms with Crippen molar-refractivity contribution in [2.45, 2.75) is 40.3 Å². The van der Waals surface area contributed by atoms with Crippen LogP contribution in [0.25, 0.3) is 5.57 Å². The van der Waals surface area contributed by atoms with Crippen molar-refractivity contribution in [3.8, 4) is 0 Å². The lowest BCUT2D eigenvalue weighted by Gasteiger charge is -2.16. The SMILES string of the molecule is C=C(/C=C(/C)c1cc(C)ccc1C)C(C)(C)F. The normalized spacial score (nSPS) is 12.7. The molecule has 1 rings (SSSR count). The second-order valence-electron chi connectivity index (χ2n) is 5.14. The summed E-state index contributed by atoms with van der Waals surface area (Å²) in [6, 6.07) is 6.30. The van der Waals surface area contributed by atoms with Gasteiger partial charge in [0.05, 0.1) is 0 Å². The highest BCUT2D eigenvalue weighted by Crippen LogP contribution is 2.26. The monoisotopic (exact) mass is 232 g/mol. The molecule has 1 heteroatoms. The Morgan fingerprint density at radius 3 is 2.41 bits per heavy atom. The van der Waals surface area contributed by atoms with Gasteiger partial charge in [0.15, 0.2) is 0 Å². The van der Waals surface area contributed by atoms with Crippen LogP contribution >= 0.6 is 0 Å². The van der Waals surface area contributed by atoms with Gasteiger partial charge in [-0.15, -0.1) is 0 Å². The van der Waals surface area contributed by atoms with Crippen LogP contribution < -0.4 is 0 Å². The highest BCUT2D eigenvalue weighted by Gasteiger charge is 2.18. The largest absolute Gasteiger partial charge is 0.239 e. The third-order valence-corrected chi connectivity index (χ3v) is 2.97. The van der Waals surface area contributed by atoms with Crippen LogP contribution in [0.4, 0.5) is 4.39 Å². The lowest BCUT2D eigenvalue weighted by molar-refractivity contribution is 0.275. The molecule has 0 amide bonds. The topological polar surface area (TPSA) is 0 Å². The molecule has 0 aromatic heterocycles. The van der Waals surface area contributed by atoms with Crippen molar-refractivity contribution in [1.82, 2.24) is 0 Å². The molecule has 0 unspecified atom stereocenters. The Kier molecular flexibility index (Phi) is 3.92. The summed E-state index contributed by atoms with van der Waals surface area (Å²) in [6.07, 6.45) is 1.84. The number of rotatable bonds is 3. The van der Waals surface area contributed by atoms with Crippen molar-refractivity contribution in [3.63, 3.8) is 0 Å². The molecule has 17 heavy (non-hydrogen) atoms. The van der Waals surface area contributed by atoms with Gasteiger partial charge in [0.1, 0.15) is 5.67 Å². The summed E-state index contributed by atoms with van der Waals surface area (Å²) in [6.45, 7) is 13.0. The molecule has 0 N–H and O–H groups in total. The fraction of sp³-hybridized carbons (Fsp3) is 0.375. The quantitative estimate of drug-likeness (QED) is 0.642. The van der Waals surface area contributed by atoms with Crippen molar-refractivity contribution < 1.29 is 4.39 Å². The van der Waals surface area contributed by atoms with Crippen molar-refractivity contribution in [1.29, 1.82) is 0 Å². The second-order valence-corrected chi connectivity index (χ2v) is 5.14. The van der Waals surface area contributed by atoms with E-state index in [1.807, 2.05) is 13.0 Å². The maximum atomic E-state index is 13.7. The van der Waals surface area contributed by atoms with Crippen LogP contribution in [0.2, 0.25) is 0 Å². The first-order valence-electron chi connectivity index (χ1n) is 5.86. The van der Waals surface area contributed by atoms with Gasteiger partial charge in [-0.25, -0.2) is 4.39 Å². The number of halogens is 1. The van der Waals surface area contributed by atoms with E-state index in [2.05, 4.69) is 38.6 Å². The van der Waals surface area contributed by atoms with Crippen molar-refractivity contribution in [2.24, 2.45) is 0 Å². The van der Waals surface area contributed by atoms with Crippen LogP contribution in [-0.2, 0) is 0 Å². The summed E-state index contributed by atoms with van der Waals surface area (Å²) in [5.74, 6) is 0. The van der Waals surface area contributed by atoms with Gasteiger partial charge < -0.3 is 0 Å². The van der Waals surface area contributed by atoms with E-state index in [1.54, 1.807) is 0 Å². The molecule has 0 aliphatic carbocycles. The van der Waals surface area contributed by atoms with E-state index < -0.39 is 5.67 Å². The smallest absolute Gasteiger partial charge is 0.129 e. The highest BCUT2D eigenvalue weighted by molar-refractivity contribution is 5.69. The molecule has 0 saturated carbocycles. The fourth-order valence-electron chi connectivity index (χ4n) is 1.67. The Morgan fingerprint density at radius 1 is 1.29 bits per heavy atom. The molecule has 0 bridgehead atoms. The molecule has 0 spiro atoms. The van der Waals surface area contributed by atoms with E-state index in [9.17, 15) is 4.39 Å². The molecule has 92 valence electrons. The Balaban J connectivity index is 3.12. The van der Waals surface area contributed by atoms with Crippen LogP contribution in [0.5, 0.6) is 0 Å². The molecule has 0 aliphatic rings. The first-order valence-corrected chi connectivity index (χ1v) is 5.86. The van der Waals surface area contributed by atoms with E-state index in [1.165, 1.54) is 25.0 Å². The molecule has 1 aromatic carbocycles. The lowest BCUT2D eigenvalue weighted by Crippen LogP contribution is -2.13. The number of alkyl halides is 1. The Hall–Kier alpha value is -1.37. The van der Waals surface area contributed by atoms with Gasteiger partial charge in [-0.2, -0.15) is 0 Å². The van der Waals surface area contributed by atoms with Crippen LogP contribution in [-0.4, -0.2) is 5.67 Å². The van der Waals surface area contributed by atoms with Gasteiger partial charge in [-0.1, -0.05) is 36.4 Å². The molecule has 1 aromatic rings. The number of hydrogen-bond acceptors (Lipinski definition) is 0.